The fourth-order valence-electron chi connectivity index (χ4n) is 3.21. The van der Waals surface area contributed by atoms with Gasteiger partial charge in [-0.2, -0.15) is 0 Å². The van der Waals surface area contributed by atoms with Crippen molar-refractivity contribution in [3.8, 4) is 0 Å². The van der Waals surface area contributed by atoms with Crippen molar-refractivity contribution in [2.45, 2.75) is 6.10 Å². The maximum Gasteiger partial charge on any atom is 0.264 e. The summed E-state index contributed by atoms with van der Waals surface area (Å²) in [5.74, 6) is -0.117. The number of amides is 2. The van der Waals surface area contributed by atoms with Crippen molar-refractivity contribution < 1.29 is 19.4 Å². The predicted octanol–water partition coefficient (Wildman–Crippen LogP) is 0.822. The van der Waals surface area contributed by atoms with Crippen LogP contribution in [0.5, 0.6) is 0 Å². The van der Waals surface area contributed by atoms with Gasteiger partial charge in [0.2, 0.25) is 5.91 Å². The summed E-state index contributed by atoms with van der Waals surface area (Å²) >= 11 is 1.34. The summed E-state index contributed by atoms with van der Waals surface area (Å²) in [4.78, 5) is 36.0. The molecule has 3 heterocycles. The Hall–Kier alpha value is -2.07. The van der Waals surface area contributed by atoms with Crippen LogP contribution in [0, 0.1) is 0 Å². The summed E-state index contributed by atoms with van der Waals surface area (Å²) in [6.07, 6.45) is 1.39. The van der Waals surface area contributed by atoms with Gasteiger partial charge in [-0.15, -0.1) is 11.3 Å². The highest BCUT2D eigenvalue weighted by Gasteiger charge is 2.31. The molecule has 1 atom stereocenters. The fraction of sp³-hybridized carbons (Fsp3) is 0.526. The number of aliphatic hydroxyl groups is 1. The number of pyridine rings is 1. The Morgan fingerprint density at radius 3 is 2.89 bits per heavy atom. The summed E-state index contributed by atoms with van der Waals surface area (Å²) in [6.45, 7) is 2.17. The van der Waals surface area contributed by atoms with Gasteiger partial charge in [-0.25, -0.2) is 4.98 Å². The number of aliphatic hydroxyl groups excluding tert-OH is 1. The molecule has 3 rings (SSSR count). The second-order valence-corrected chi connectivity index (χ2v) is 8.03. The minimum Gasteiger partial charge on any atom is -0.395 e. The Morgan fingerprint density at radius 1 is 1.39 bits per heavy atom. The van der Waals surface area contributed by atoms with Crippen LogP contribution in [0.25, 0.3) is 10.2 Å². The van der Waals surface area contributed by atoms with Gasteiger partial charge in [-0.05, 0) is 6.07 Å². The number of carbonyl (C=O) groups is 2. The van der Waals surface area contributed by atoms with Crippen LogP contribution in [-0.2, 0) is 9.53 Å². The SMILES string of the molecule is CN(C)C(=O)CN1CCO[C@@H](c2c(C(=O)N(C)CCO)sc3ncccc23)C1. The molecule has 0 unspecified atom stereocenters. The van der Waals surface area contributed by atoms with Crippen molar-refractivity contribution in [1.82, 2.24) is 19.7 Å². The molecular weight excluding hydrogens is 380 g/mol. The van der Waals surface area contributed by atoms with Gasteiger partial charge in [0.05, 0.1) is 25.9 Å². The minimum atomic E-state index is -0.317. The lowest BCUT2D eigenvalue weighted by atomic mass is 10.0. The highest BCUT2D eigenvalue weighted by atomic mass is 32.1. The van der Waals surface area contributed by atoms with Crippen molar-refractivity contribution in [2.75, 3.05) is 60.5 Å². The molecule has 1 aliphatic heterocycles. The topological polar surface area (TPSA) is 86.2 Å². The molecule has 28 heavy (non-hydrogen) atoms. The molecule has 152 valence electrons. The van der Waals surface area contributed by atoms with Crippen LogP contribution in [0.3, 0.4) is 0 Å². The number of ether oxygens (including phenoxy) is 1. The molecule has 2 aromatic rings. The molecule has 1 fully saturated rings. The highest BCUT2D eigenvalue weighted by molar-refractivity contribution is 7.20. The van der Waals surface area contributed by atoms with E-state index in [1.165, 1.54) is 16.2 Å². The van der Waals surface area contributed by atoms with Gasteiger partial charge in [-0.1, -0.05) is 6.07 Å². The van der Waals surface area contributed by atoms with E-state index in [0.717, 1.165) is 15.8 Å². The summed E-state index contributed by atoms with van der Waals surface area (Å²) < 4.78 is 6.03. The van der Waals surface area contributed by atoms with Crippen molar-refractivity contribution in [3.05, 3.63) is 28.8 Å². The van der Waals surface area contributed by atoms with Crippen LogP contribution in [-0.4, -0.2) is 97.1 Å². The van der Waals surface area contributed by atoms with Gasteiger partial charge >= 0.3 is 0 Å². The number of hydrogen-bond acceptors (Lipinski definition) is 7. The molecule has 0 saturated carbocycles. The fourth-order valence-corrected chi connectivity index (χ4v) is 4.40. The standard InChI is InChI=1S/C19H26N4O4S/c1-21(2)15(25)12-23-8-10-27-14(11-23)16-13-5-4-6-20-18(13)28-17(16)19(26)22(3)7-9-24/h4-6,14,24H,7-12H2,1-3H3/t14-/m1/s1. The molecule has 0 aromatic carbocycles. The monoisotopic (exact) mass is 406 g/mol. The van der Waals surface area contributed by atoms with Gasteiger partial charge in [0.25, 0.3) is 5.91 Å². The molecular formula is C19H26N4O4S. The maximum atomic E-state index is 13.0. The Bertz CT molecular complexity index is 854. The van der Waals surface area contributed by atoms with Gasteiger partial charge in [0.1, 0.15) is 9.71 Å². The Kier molecular flexibility index (Phi) is 6.61. The third-order valence-electron chi connectivity index (χ3n) is 4.81. The normalized spacial score (nSPS) is 17.6. The average Bonchev–Trinajstić information content (AvgIpc) is 3.07. The van der Waals surface area contributed by atoms with Crippen LogP contribution < -0.4 is 0 Å². The van der Waals surface area contributed by atoms with E-state index in [4.69, 9.17) is 4.74 Å². The zero-order valence-electron chi connectivity index (χ0n) is 16.4. The molecule has 2 aromatic heterocycles. The van der Waals surface area contributed by atoms with Crippen LogP contribution in [0.4, 0.5) is 0 Å². The van der Waals surface area contributed by atoms with E-state index in [9.17, 15) is 14.7 Å². The van der Waals surface area contributed by atoms with E-state index < -0.39 is 0 Å². The molecule has 8 nitrogen and oxygen atoms in total. The van der Waals surface area contributed by atoms with Crippen LogP contribution >= 0.6 is 11.3 Å². The Balaban J connectivity index is 1.93. The summed E-state index contributed by atoms with van der Waals surface area (Å²) in [6, 6.07) is 3.80. The number of carbonyl (C=O) groups excluding carboxylic acids is 2. The van der Waals surface area contributed by atoms with Crippen molar-refractivity contribution in [1.29, 1.82) is 0 Å². The molecule has 1 aliphatic rings. The lowest BCUT2D eigenvalue weighted by Crippen LogP contribution is -2.44. The van der Waals surface area contributed by atoms with Crippen LogP contribution in [0.1, 0.15) is 21.3 Å². The third-order valence-corrected chi connectivity index (χ3v) is 5.93. The van der Waals surface area contributed by atoms with Gasteiger partial charge in [0.15, 0.2) is 0 Å². The molecule has 0 bridgehead atoms. The second kappa shape index (κ2) is 8.95. The first-order valence-electron chi connectivity index (χ1n) is 9.20. The quantitative estimate of drug-likeness (QED) is 0.765. The molecule has 2 amide bonds. The molecule has 0 aliphatic carbocycles. The molecule has 9 heteroatoms. The maximum absolute atomic E-state index is 13.0. The van der Waals surface area contributed by atoms with Gasteiger partial charge in [0, 0.05) is 57.9 Å². The number of fused-ring (bicyclic) bond motifs is 1. The predicted molar refractivity (Wildman–Crippen MR) is 107 cm³/mol. The Labute approximate surface area is 168 Å². The lowest BCUT2D eigenvalue weighted by molar-refractivity contribution is -0.132. The Morgan fingerprint density at radius 2 is 2.18 bits per heavy atom. The molecule has 0 radical (unpaired) electrons. The summed E-state index contributed by atoms with van der Waals surface area (Å²) in [5.41, 5.74) is 0.824. The van der Waals surface area contributed by atoms with Gasteiger partial charge < -0.3 is 19.6 Å². The summed E-state index contributed by atoms with van der Waals surface area (Å²) in [5, 5.41) is 10.1. The van der Waals surface area contributed by atoms with E-state index in [1.807, 2.05) is 12.1 Å². The number of thiophene rings is 1. The first-order chi connectivity index (χ1) is 13.4. The van der Waals surface area contributed by atoms with E-state index in [2.05, 4.69) is 9.88 Å². The first kappa shape index (κ1) is 20.7. The number of rotatable bonds is 6. The zero-order valence-corrected chi connectivity index (χ0v) is 17.2. The number of hydrogen-bond donors (Lipinski definition) is 1. The van der Waals surface area contributed by atoms with E-state index in [-0.39, 0.29) is 31.1 Å². The number of morpholine rings is 1. The van der Waals surface area contributed by atoms with Crippen molar-refractivity contribution in [3.63, 3.8) is 0 Å². The second-order valence-electron chi connectivity index (χ2n) is 7.03. The highest BCUT2D eigenvalue weighted by Crippen LogP contribution is 2.37. The largest absolute Gasteiger partial charge is 0.395 e. The van der Waals surface area contributed by atoms with E-state index >= 15 is 0 Å². The number of likely N-dealkylation sites (N-methyl/N-ethyl adjacent to an activating group) is 2. The van der Waals surface area contributed by atoms with Gasteiger partial charge in [-0.3, -0.25) is 14.5 Å². The van der Waals surface area contributed by atoms with Crippen molar-refractivity contribution in [2.24, 2.45) is 0 Å². The zero-order chi connectivity index (χ0) is 20.3. The van der Waals surface area contributed by atoms with E-state index in [1.54, 1.807) is 32.2 Å². The summed E-state index contributed by atoms with van der Waals surface area (Å²) in [7, 11) is 5.15. The van der Waals surface area contributed by atoms with Crippen LogP contribution in [0.15, 0.2) is 18.3 Å². The van der Waals surface area contributed by atoms with E-state index in [0.29, 0.717) is 31.1 Å². The smallest absolute Gasteiger partial charge is 0.264 e. The number of aromatic nitrogens is 1. The molecule has 0 spiro atoms. The van der Waals surface area contributed by atoms with Crippen molar-refractivity contribution >= 4 is 33.4 Å². The molecule has 1 saturated heterocycles. The number of nitrogens with zero attached hydrogens (tertiary/aromatic N) is 4. The average molecular weight is 407 g/mol. The van der Waals surface area contributed by atoms with Crippen LogP contribution in [0.2, 0.25) is 0 Å². The molecule has 1 N–H and O–H groups in total. The third kappa shape index (κ3) is 4.33. The minimum absolute atomic E-state index is 0.0384. The first-order valence-corrected chi connectivity index (χ1v) is 10.0. The lowest BCUT2D eigenvalue weighted by Gasteiger charge is -2.33.